The molecule has 0 spiro atoms. The van der Waals surface area contributed by atoms with Crippen LogP contribution < -0.4 is 20.1 Å². The standard InChI is InChI=1S/C21H32N4O4/c1-21(2,3)29-20(26)24-16-8-9-25(14-16)19(22-4)23-13-15-6-7-17-18(12-15)28-11-5-10-27-17/h6-7,12,16H,5,8-11,13-14H2,1-4H3,(H,22,23)(H,24,26). The van der Waals surface area contributed by atoms with Crippen LogP contribution in [-0.4, -0.2) is 61.9 Å². The first-order valence-electron chi connectivity index (χ1n) is 10.2. The van der Waals surface area contributed by atoms with Crippen molar-refractivity contribution in [1.82, 2.24) is 15.5 Å². The second-order valence-electron chi connectivity index (χ2n) is 8.31. The van der Waals surface area contributed by atoms with Gasteiger partial charge in [0.05, 0.1) is 19.3 Å². The fourth-order valence-corrected chi connectivity index (χ4v) is 3.38. The van der Waals surface area contributed by atoms with Crippen molar-refractivity contribution in [1.29, 1.82) is 0 Å². The van der Waals surface area contributed by atoms with Crippen LogP contribution >= 0.6 is 0 Å². The molecule has 0 aromatic heterocycles. The number of benzene rings is 1. The lowest BCUT2D eigenvalue weighted by Crippen LogP contribution is -2.44. The number of carbonyl (C=O) groups is 1. The van der Waals surface area contributed by atoms with Gasteiger partial charge in [-0.3, -0.25) is 4.99 Å². The van der Waals surface area contributed by atoms with Crippen LogP contribution in [0.1, 0.15) is 39.2 Å². The van der Waals surface area contributed by atoms with E-state index in [1.807, 2.05) is 39.0 Å². The Morgan fingerprint density at radius 1 is 1.28 bits per heavy atom. The Morgan fingerprint density at radius 2 is 2.03 bits per heavy atom. The number of carbonyl (C=O) groups excluding carboxylic acids is 1. The molecule has 0 bridgehead atoms. The Hall–Kier alpha value is -2.64. The topological polar surface area (TPSA) is 84.4 Å². The van der Waals surface area contributed by atoms with Crippen molar-refractivity contribution >= 4 is 12.1 Å². The van der Waals surface area contributed by atoms with E-state index in [1.165, 1.54) is 0 Å². The van der Waals surface area contributed by atoms with E-state index in [0.717, 1.165) is 42.4 Å². The van der Waals surface area contributed by atoms with Gasteiger partial charge in [-0.05, 0) is 44.9 Å². The highest BCUT2D eigenvalue weighted by Crippen LogP contribution is 2.30. The van der Waals surface area contributed by atoms with Crippen molar-refractivity contribution in [2.45, 2.75) is 51.8 Å². The number of nitrogens with one attached hydrogen (secondary N) is 2. The first-order valence-corrected chi connectivity index (χ1v) is 10.2. The van der Waals surface area contributed by atoms with Crippen molar-refractivity contribution in [2.24, 2.45) is 4.99 Å². The van der Waals surface area contributed by atoms with Crippen molar-refractivity contribution in [3.8, 4) is 11.5 Å². The van der Waals surface area contributed by atoms with Crippen LogP contribution in [-0.2, 0) is 11.3 Å². The molecule has 160 valence electrons. The van der Waals surface area contributed by atoms with Crippen LogP contribution in [0.25, 0.3) is 0 Å². The van der Waals surface area contributed by atoms with Gasteiger partial charge in [0, 0.05) is 33.1 Å². The Bertz CT molecular complexity index is 745. The van der Waals surface area contributed by atoms with Crippen molar-refractivity contribution < 1.29 is 19.0 Å². The molecule has 2 N–H and O–H groups in total. The number of aliphatic imine (C=N–C) groups is 1. The molecule has 8 heteroatoms. The van der Waals surface area contributed by atoms with E-state index in [0.29, 0.717) is 26.3 Å². The smallest absolute Gasteiger partial charge is 0.407 e. The van der Waals surface area contributed by atoms with Gasteiger partial charge in [-0.1, -0.05) is 6.07 Å². The number of likely N-dealkylation sites (tertiary alicyclic amines) is 1. The minimum absolute atomic E-state index is 0.0430. The lowest BCUT2D eigenvalue weighted by atomic mass is 10.2. The van der Waals surface area contributed by atoms with Crippen molar-refractivity contribution in [3.63, 3.8) is 0 Å². The van der Waals surface area contributed by atoms with E-state index in [1.54, 1.807) is 7.05 Å². The summed E-state index contributed by atoms with van der Waals surface area (Å²) in [4.78, 5) is 18.5. The summed E-state index contributed by atoms with van der Waals surface area (Å²) in [5.74, 6) is 2.40. The van der Waals surface area contributed by atoms with Gasteiger partial charge in [0.1, 0.15) is 5.60 Å². The van der Waals surface area contributed by atoms with E-state index in [4.69, 9.17) is 14.2 Å². The molecule has 1 fully saturated rings. The average molecular weight is 405 g/mol. The number of rotatable bonds is 3. The predicted octanol–water partition coefficient (Wildman–Crippen LogP) is 2.52. The second kappa shape index (κ2) is 9.24. The highest BCUT2D eigenvalue weighted by molar-refractivity contribution is 5.80. The molecule has 8 nitrogen and oxygen atoms in total. The van der Waals surface area contributed by atoms with E-state index >= 15 is 0 Å². The lowest BCUT2D eigenvalue weighted by Gasteiger charge is -2.23. The summed E-state index contributed by atoms with van der Waals surface area (Å²) in [7, 11) is 1.77. The molecule has 0 saturated carbocycles. The maximum Gasteiger partial charge on any atom is 0.407 e. The van der Waals surface area contributed by atoms with Gasteiger partial charge in [-0.15, -0.1) is 0 Å². The quantitative estimate of drug-likeness (QED) is 0.595. The maximum atomic E-state index is 12.0. The zero-order chi connectivity index (χ0) is 20.9. The number of fused-ring (bicyclic) bond motifs is 1. The number of ether oxygens (including phenoxy) is 3. The zero-order valence-corrected chi connectivity index (χ0v) is 17.8. The SMILES string of the molecule is CN=C(NCc1ccc2c(c1)OCCCO2)N1CCC(NC(=O)OC(C)(C)C)C1. The van der Waals surface area contributed by atoms with Gasteiger partial charge in [-0.25, -0.2) is 4.79 Å². The summed E-state index contributed by atoms with van der Waals surface area (Å²) in [6.45, 7) is 9.08. The summed E-state index contributed by atoms with van der Waals surface area (Å²) in [6.07, 6.45) is 1.37. The molecule has 0 aliphatic carbocycles. The van der Waals surface area contributed by atoms with Gasteiger partial charge in [0.15, 0.2) is 17.5 Å². The molecule has 1 unspecified atom stereocenters. The highest BCUT2D eigenvalue weighted by Gasteiger charge is 2.27. The third-order valence-corrected chi connectivity index (χ3v) is 4.68. The van der Waals surface area contributed by atoms with Gasteiger partial charge >= 0.3 is 6.09 Å². The van der Waals surface area contributed by atoms with Crippen LogP contribution in [0.2, 0.25) is 0 Å². The van der Waals surface area contributed by atoms with E-state index in [9.17, 15) is 4.79 Å². The first-order chi connectivity index (χ1) is 13.8. The molecule has 29 heavy (non-hydrogen) atoms. The Labute approximate surface area is 172 Å². The molecule has 2 aliphatic rings. The molecule has 1 amide bonds. The molecule has 1 aromatic rings. The predicted molar refractivity (Wildman–Crippen MR) is 112 cm³/mol. The first kappa shape index (κ1) is 21.1. The van der Waals surface area contributed by atoms with Gasteiger partial charge in [-0.2, -0.15) is 0 Å². The van der Waals surface area contributed by atoms with E-state index in [2.05, 4.69) is 20.5 Å². The fraction of sp³-hybridized carbons (Fsp3) is 0.619. The minimum Gasteiger partial charge on any atom is -0.490 e. The summed E-state index contributed by atoms with van der Waals surface area (Å²) in [5, 5.41) is 6.34. The molecule has 0 radical (unpaired) electrons. The molecule has 1 atom stereocenters. The molecular formula is C21H32N4O4. The number of alkyl carbamates (subject to hydrolysis) is 1. The summed E-state index contributed by atoms with van der Waals surface area (Å²) in [5.41, 5.74) is 0.598. The Morgan fingerprint density at radius 3 is 2.76 bits per heavy atom. The molecule has 1 aromatic carbocycles. The van der Waals surface area contributed by atoms with Crippen molar-refractivity contribution in [3.05, 3.63) is 23.8 Å². The number of nitrogens with zero attached hydrogens (tertiary/aromatic N) is 2. The van der Waals surface area contributed by atoms with Crippen LogP contribution in [0.5, 0.6) is 11.5 Å². The van der Waals surface area contributed by atoms with E-state index in [-0.39, 0.29) is 12.1 Å². The third-order valence-electron chi connectivity index (χ3n) is 4.68. The number of hydrogen-bond donors (Lipinski definition) is 2. The number of amides is 1. The molecule has 1 saturated heterocycles. The van der Waals surface area contributed by atoms with Crippen LogP contribution in [0.3, 0.4) is 0 Å². The van der Waals surface area contributed by atoms with Crippen LogP contribution in [0, 0.1) is 0 Å². The Balaban J connectivity index is 1.51. The van der Waals surface area contributed by atoms with Gasteiger partial charge in [0.25, 0.3) is 0 Å². The van der Waals surface area contributed by atoms with Crippen molar-refractivity contribution in [2.75, 3.05) is 33.4 Å². The Kier molecular flexibility index (Phi) is 6.71. The number of hydrogen-bond acceptors (Lipinski definition) is 5. The van der Waals surface area contributed by atoms with Crippen LogP contribution in [0.4, 0.5) is 4.79 Å². The zero-order valence-electron chi connectivity index (χ0n) is 17.8. The molecule has 2 aliphatic heterocycles. The highest BCUT2D eigenvalue weighted by atomic mass is 16.6. The lowest BCUT2D eigenvalue weighted by molar-refractivity contribution is 0.0507. The molecule has 2 heterocycles. The molecular weight excluding hydrogens is 372 g/mol. The summed E-state index contributed by atoms with van der Waals surface area (Å²) < 4.78 is 16.8. The summed E-state index contributed by atoms with van der Waals surface area (Å²) in [6, 6.07) is 6.04. The normalized spacial score (nSPS) is 19.5. The average Bonchev–Trinajstić information content (AvgIpc) is 2.96. The fourth-order valence-electron chi connectivity index (χ4n) is 3.38. The second-order valence-corrected chi connectivity index (χ2v) is 8.31. The number of guanidine groups is 1. The van der Waals surface area contributed by atoms with Gasteiger partial charge in [0.2, 0.25) is 0 Å². The molecule has 3 rings (SSSR count). The maximum absolute atomic E-state index is 12.0. The minimum atomic E-state index is -0.497. The van der Waals surface area contributed by atoms with Crippen LogP contribution in [0.15, 0.2) is 23.2 Å². The van der Waals surface area contributed by atoms with Gasteiger partial charge < -0.3 is 29.7 Å². The monoisotopic (exact) mass is 404 g/mol. The third kappa shape index (κ3) is 6.17. The summed E-state index contributed by atoms with van der Waals surface area (Å²) >= 11 is 0. The van der Waals surface area contributed by atoms with E-state index < -0.39 is 5.60 Å². The largest absolute Gasteiger partial charge is 0.490 e.